The molecule has 1 aromatic rings. The number of nitrogens with one attached hydrogen (secondary N) is 1. The highest BCUT2D eigenvalue weighted by Gasteiger charge is 2.36. The van der Waals surface area contributed by atoms with Crippen molar-refractivity contribution in [2.75, 3.05) is 31.6 Å². The van der Waals surface area contributed by atoms with E-state index in [1.54, 1.807) is 24.3 Å². The third kappa shape index (κ3) is 6.71. The summed E-state index contributed by atoms with van der Waals surface area (Å²) in [5, 5.41) is 2.81. The first-order valence-corrected chi connectivity index (χ1v) is 8.66. The molecule has 0 unspecified atom stereocenters. The molecule has 5 nitrogen and oxygen atoms in total. The Hall–Kier alpha value is -2.02. The normalized spacial score (nSPS) is 17.5. The van der Waals surface area contributed by atoms with Crippen LogP contribution < -0.4 is 5.32 Å². The quantitative estimate of drug-likeness (QED) is 0.888. The number of alkyl halides is 2. The second kappa shape index (κ2) is 8.12. The summed E-state index contributed by atoms with van der Waals surface area (Å²) in [7, 11) is 0. The molecule has 0 aromatic heterocycles. The lowest BCUT2D eigenvalue weighted by Gasteiger charge is -2.23. The van der Waals surface area contributed by atoms with Gasteiger partial charge in [-0.25, -0.2) is 8.78 Å². The second-order valence-corrected chi connectivity index (χ2v) is 7.88. The van der Waals surface area contributed by atoms with Crippen LogP contribution in [-0.2, 0) is 20.7 Å². The zero-order valence-electron chi connectivity index (χ0n) is 15.5. The lowest BCUT2D eigenvalue weighted by molar-refractivity contribution is -0.135. The molecule has 0 bridgehead atoms. The van der Waals surface area contributed by atoms with Crippen molar-refractivity contribution in [3.63, 3.8) is 0 Å². The van der Waals surface area contributed by atoms with Crippen molar-refractivity contribution in [2.24, 2.45) is 5.41 Å². The van der Waals surface area contributed by atoms with Crippen molar-refractivity contribution in [3.05, 3.63) is 29.8 Å². The Balaban J connectivity index is 1.92. The van der Waals surface area contributed by atoms with Gasteiger partial charge in [0.2, 0.25) is 11.8 Å². The number of nitrogens with zero attached hydrogens (tertiary/aromatic N) is 1. The molecule has 2 amide bonds. The molecule has 1 aliphatic heterocycles. The molecule has 2 rings (SSSR count). The summed E-state index contributed by atoms with van der Waals surface area (Å²) >= 11 is 0. The summed E-state index contributed by atoms with van der Waals surface area (Å²) in [6.45, 7) is 4.96. The summed E-state index contributed by atoms with van der Waals surface area (Å²) < 4.78 is 31.9. The van der Waals surface area contributed by atoms with Gasteiger partial charge in [0.1, 0.15) is 6.61 Å². The first-order valence-electron chi connectivity index (χ1n) is 8.66. The van der Waals surface area contributed by atoms with Gasteiger partial charge in [-0.05, 0) is 23.1 Å². The van der Waals surface area contributed by atoms with Crippen LogP contribution in [0.3, 0.4) is 0 Å². The number of halogens is 2. The molecule has 1 fully saturated rings. The molecular formula is C19H26F2N2O3. The van der Waals surface area contributed by atoms with Crippen LogP contribution in [0.1, 0.15) is 32.8 Å². The topological polar surface area (TPSA) is 58.6 Å². The Morgan fingerprint density at radius 1 is 1.23 bits per heavy atom. The maximum absolute atomic E-state index is 13.5. The zero-order valence-corrected chi connectivity index (χ0v) is 15.5. The number of carbonyl (C=O) groups is 2. The summed E-state index contributed by atoms with van der Waals surface area (Å²) in [5.41, 5.74) is 1.25. The van der Waals surface area contributed by atoms with E-state index in [0.29, 0.717) is 17.7 Å². The van der Waals surface area contributed by atoms with Crippen molar-refractivity contribution in [1.82, 2.24) is 4.90 Å². The van der Waals surface area contributed by atoms with Gasteiger partial charge in [0.05, 0.1) is 19.6 Å². The molecule has 0 radical (unpaired) electrons. The van der Waals surface area contributed by atoms with Gasteiger partial charge in [-0.3, -0.25) is 9.59 Å². The van der Waals surface area contributed by atoms with Crippen LogP contribution in [0.4, 0.5) is 14.5 Å². The van der Waals surface area contributed by atoms with E-state index in [4.69, 9.17) is 4.74 Å². The fourth-order valence-electron chi connectivity index (χ4n) is 2.69. The third-order valence-corrected chi connectivity index (χ3v) is 3.88. The highest BCUT2D eigenvalue weighted by atomic mass is 19.3. The van der Waals surface area contributed by atoms with Gasteiger partial charge in [0, 0.05) is 18.7 Å². The fourth-order valence-corrected chi connectivity index (χ4v) is 2.69. The summed E-state index contributed by atoms with van der Waals surface area (Å²) in [5.74, 6) is -3.46. The van der Waals surface area contributed by atoms with Gasteiger partial charge >= 0.3 is 0 Å². The van der Waals surface area contributed by atoms with Crippen LogP contribution in [0.5, 0.6) is 0 Å². The van der Waals surface area contributed by atoms with Crippen molar-refractivity contribution < 1.29 is 23.1 Å². The molecule has 1 N–H and O–H groups in total. The van der Waals surface area contributed by atoms with Gasteiger partial charge in [-0.15, -0.1) is 0 Å². The molecule has 0 spiro atoms. The van der Waals surface area contributed by atoms with E-state index in [1.807, 2.05) is 20.8 Å². The van der Waals surface area contributed by atoms with Gasteiger partial charge in [-0.2, -0.15) is 0 Å². The minimum Gasteiger partial charge on any atom is -0.373 e. The molecule has 144 valence electrons. The summed E-state index contributed by atoms with van der Waals surface area (Å²) in [4.78, 5) is 25.4. The van der Waals surface area contributed by atoms with Crippen LogP contribution in [-0.4, -0.2) is 48.9 Å². The van der Waals surface area contributed by atoms with Crippen molar-refractivity contribution in [3.8, 4) is 0 Å². The molecular weight excluding hydrogens is 342 g/mol. The minimum atomic E-state index is -3.02. The van der Waals surface area contributed by atoms with E-state index in [-0.39, 0.29) is 36.8 Å². The second-order valence-electron chi connectivity index (χ2n) is 7.88. The third-order valence-electron chi connectivity index (χ3n) is 3.88. The predicted molar refractivity (Wildman–Crippen MR) is 95.2 cm³/mol. The number of anilines is 1. The van der Waals surface area contributed by atoms with Crippen LogP contribution in [0.15, 0.2) is 24.3 Å². The van der Waals surface area contributed by atoms with E-state index in [1.165, 1.54) is 0 Å². The summed E-state index contributed by atoms with van der Waals surface area (Å²) in [6, 6.07) is 6.86. The molecule has 26 heavy (non-hydrogen) atoms. The van der Waals surface area contributed by atoms with Crippen LogP contribution in [0, 0.1) is 5.41 Å². The van der Waals surface area contributed by atoms with Gasteiger partial charge in [0.25, 0.3) is 5.92 Å². The number of benzene rings is 1. The number of hydrogen-bond acceptors (Lipinski definition) is 3. The fraction of sp³-hybridized carbons (Fsp3) is 0.579. The minimum absolute atomic E-state index is 0.0340. The molecule has 1 heterocycles. The molecule has 1 aromatic carbocycles. The Kier molecular flexibility index (Phi) is 6.34. The molecule has 1 aliphatic rings. The monoisotopic (exact) mass is 368 g/mol. The first kappa shape index (κ1) is 20.3. The predicted octanol–water partition coefficient (Wildman–Crippen LogP) is 3.10. The highest BCUT2D eigenvalue weighted by Crippen LogP contribution is 2.21. The lowest BCUT2D eigenvalue weighted by Crippen LogP contribution is -2.41. The number of carbonyl (C=O) groups excluding carboxylic acids is 2. The Bertz CT molecular complexity index is 639. The maximum atomic E-state index is 13.5. The average Bonchev–Trinajstić information content (AvgIpc) is 2.68. The molecule has 7 heteroatoms. The van der Waals surface area contributed by atoms with Crippen molar-refractivity contribution >= 4 is 17.5 Å². The van der Waals surface area contributed by atoms with E-state index in [0.717, 1.165) is 4.90 Å². The van der Waals surface area contributed by atoms with Crippen LogP contribution in [0.25, 0.3) is 0 Å². The van der Waals surface area contributed by atoms with Gasteiger partial charge in [0.15, 0.2) is 0 Å². The standard InChI is InChI=1S/C19H26F2N2O3/c1-18(2,3)11-16(24)22-15-6-4-14(5-7-15)10-17(25)23-8-9-26-13-19(20,21)12-23/h4-7H,8-13H2,1-3H3,(H,22,24). The summed E-state index contributed by atoms with van der Waals surface area (Å²) in [6.07, 6.45) is 0.435. The Morgan fingerprint density at radius 2 is 1.88 bits per heavy atom. The highest BCUT2D eigenvalue weighted by molar-refractivity contribution is 5.91. The van der Waals surface area contributed by atoms with Gasteiger partial charge in [-0.1, -0.05) is 32.9 Å². The Morgan fingerprint density at radius 3 is 2.50 bits per heavy atom. The average molecular weight is 368 g/mol. The number of hydrogen-bond donors (Lipinski definition) is 1. The number of rotatable bonds is 4. The van der Waals surface area contributed by atoms with Crippen molar-refractivity contribution in [1.29, 1.82) is 0 Å². The number of ether oxygens (including phenoxy) is 1. The smallest absolute Gasteiger partial charge is 0.288 e. The molecule has 1 saturated heterocycles. The molecule has 0 atom stereocenters. The number of amides is 2. The van der Waals surface area contributed by atoms with Crippen LogP contribution >= 0.6 is 0 Å². The van der Waals surface area contributed by atoms with E-state index in [9.17, 15) is 18.4 Å². The SMILES string of the molecule is CC(C)(C)CC(=O)Nc1ccc(CC(=O)N2CCOCC(F)(F)C2)cc1. The first-order chi connectivity index (χ1) is 12.0. The largest absolute Gasteiger partial charge is 0.373 e. The van der Waals surface area contributed by atoms with E-state index < -0.39 is 19.1 Å². The maximum Gasteiger partial charge on any atom is 0.288 e. The van der Waals surface area contributed by atoms with Crippen molar-refractivity contribution in [2.45, 2.75) is 39.5 Å². The van der Waals surface area contributed by atoms with Gasteiger partial charge < -0.3 is 15.0 Å². The molecule has 0 aliphatic carbocycles. The molecule has 0 saturated carbocycles. The van der Waals surface area contributed by atoms with E-state index in [2.05, 4.69) is 5.32 Å². The lowest BCUT2D eigenvalue weighted by atomic mass is 9.92. The Labute approximate surface area is 152 Å². The van der Waals surface area contributed by atoms with E-state index >= 15 is 0 Å². The zero-order chi connectivity index (χ0) is 19.4. The van der Waals surface area contributed by atoms with Crippen LogP contribution in [0.2, 0.25) is 0 Å².